The van der Waals surface area contributed by atoms with Gasteiger partial charge in [-0.3, -0.25) is 0 Å². The number of carbonyl (C=O) groups is 1. The molecule has 10 N–H and O–H groups in total. The molecule has 0 fully saturated rings. The molecule has 2 aromatic carbocycles. The van der Waals surface area contributed by atoms with E-state index < -0.39 is 65.6 Å². The van der Waals surface area contributed by atoms with Crippen LogP contribution in [0.2, 0.25) is 0 Å². The fraction of sp³-hybridized carbons (Fsp3) is 0.528. The van der Waals surface area contributed by atoms with Crippen LogP contribution in [0.15, 0.2) is 42.1 Å². The average molecular weight is 793 g/mol. The first-order valence-electron chi connectivity index (χ1n) is 17.9. The van der Waals surface area contributed by atoms with Crippen molar-refractivity contribution >= 4 is 5.97 Å². The van der Waals surface area contributed by atoms with E-state index in [1.165, 1.54) is 10.7 Å². The van der Waals surface area contributed by atoms with Crippen LogP contribution in [-0.4, -0.2) is 152 Å². The fourth-order valence-corrected chi connectivity index (χ4v) is 6.01. The van der Waals surface area contributed by atoms with Gasteiger partial charge in [-0.1, -0.05) is 5.21 Å². The highest BCUT2D eigenvalue weighted by Crippen LogP contribution is 2.51. The van der Waals surface area contributed by atoms with Gasteiger partial charge in [-0.2, -0.15) is 0 Å². The molecule has 6 unspecified atom stereocenters. The summed E-state index contributed by atoms with van der Waals surface area (Å²) in [5, 5.41) is 90.6. The largest absolute Gasteiger partial charge is 0.508 e. The van der Waals surface area contributed by atoms with Crippen molar-refractivity contribution in [1.29, 1.82) is 0 Å². The second-order valence-corrected chi connectivity index (χ2v) is 12.9. The molecular formula is C36H48N4O16. The average Bonchev–Trinajstić information content (AvgIpc) is 3.62. The Balaban J connectivity index is 1.23. The Morgan fingerprint density at radius 2 is 1.48 bits per heavy atom. The maximum atomic E-state index is 13.6. The second kappa shape index (κ2) is 20.4. The van der Waals surface area contributed by atoms with E-state index in [0.29, 0.717) is 71.5 Å². The zero-order valence-corrected chi connectivity index (χ0v) is 30.4. The fourth-order valence-electron chi connectivity index (χ4n) is 6.01. The highest BCUT2D eigenvalue weighted by Gasteiger charge is 2.46. The molecule has 56 heavy (non-hydrogen) atoms. The van der Waals surface area contributed by atoms with Gasteiger partial charge in [0.25, 0.3) is 0 Å². The number of hydrogen-bond acceptors (Lipinski definition) is 19. The van der Waals surface area contributed by atoms with E-state index >= 15 is 0 Å². The van der Waals surface area contributed by atoms with Crippen LogP contribution in [0.3, 0.4) is 0 Å². The predicted octanol–water partition coefficient (Wildman–Crippen LogP) is -0.410. The number of phenols is 5. The minimum atomic E-state index is -1.58. The number of benzene rings is 2. The van der Waals surface area contributed by atoms with Crippen LogP contribution in [0.25, 0.3) is 0 Å². The molecule has 2 aliphatic rings. The molecule has 20 heteroatoms. The number of phenolic OH excluding ortho intramolecular Hbond substituents is 5. The van der Waals surface area contributed by atoms with E-state index in [2.05, 4.69) is 10.3 Å². The van der Waals surface area contributed by atoms with Crippen LogP contribution in [0, 0.1) is 0 Å². The summed E-state index contributed by atoms with van der Waals surface area (Å²) < 4.78 is 41.4. The molecule has 1 aromatic heterocycles. The lowest BCUT2D eigenvalue weighted by Gasteiger charge is -2.39. The number of aromatic hydroxyl groups is 5. The van der Waals surface area contributed by atoms with Crippen molar-refractivity contribution in [2.24, 2.45) is 5.73 Å². The monoisotopic (exact) mass is 792 g/mol. The number of fused-ring (bicyclic) bond motifs is 1. The summed E-state index contributed by atoms with van der Waals surface area (Å²) in [4.78, 5) is 13.6. The summed E-state index contributed by atoms with van der Waals surface area (Å²) >= 11 is 0. The van der Waals surface area contributed by atoms with Crippen LogP contribution < -0.4 is 10.5 Å². The first kappa shape index (κ1) is 42.4. The molecule has 0 radical (unpaired) electrons. The maximum Gasteiger partial charge on any atom is 0.334 e. The Bertz CT molecular complexity index is 1750. The number of ether oxygens (including phenoxy) is 7. The van der Waals surface area contributed by atoms with Gasteiger partial charge in [-0.05, 0) is 18.2 Å². The number of carbonyl (C=O) groups excluding carboxylic acids is 1. The number of nitrogens with two attached hydrogens (primary N) is 1. The SMILES string of the molecule is NCCOCCOCCOCCOCCc1cn(CCOC2c3c(O)cc(O)cc3OC(c3cc(O)c(O)c(O)c3)C2OC(=O)C2=CC(O)C(O)C(O)C2)nn1. The molecule has 0 bridgehead atoms. The topological polar surface area (TPSA) is 300 Å². The van der Waals surface area contributed by atoms with E-state index in [4.69, 9.17) is 38.9 Å². The normalized spacial score (nSPS) is 22.0. The van der Waals surface area contributed by atoms with Crippen molar-refractivity contribution in [1.82, 2.24) is 15.0 Å². The number of esters is 1. The van der Waals surface area contributed by atoms with Crippen molar-refractivity contribution in [2.75, 3.05) is 66.0 Å². The lowest BCUT2D eigenvalue weighted by molar-refractivity contribution is -0.169. The second-order valence-electron chi connectivity index (χ2n) is 12.9. The number of aromatic nitrogens is 3. The maximum absolute atomic E-state index is 13.6. The summed E-state index contributed by atoms with van der Waals surface area (Å²) in [7, 11) is 0. The highest BCUT2D eigenvalue weighted by atomic mass is 16.6. The highest BCUT2D eigenvalue weighted by molar-refractivity contribution is 5.89. The van der Waals surface area contributed by atoms with Crippen molar-refractivity contribution in [2.45, 2.75) is 56.0 Å². The summed E-state index contributed by atoms with van der Waals surface area (Å²) in [6, 6.07) is 4.33. The van der Waals surface area contributed by atoms with Crippen molar-refractivity contribution in [3.05, 3.63) is 58.9 Å². The summed E-state index contributed by atoms with van der Waals surface area (Å²) in [6.07, 6.45) is -6.01. The molecule has 0 spiro atoms. The Morgan fingerprint density at radius 3 is 2.12 bits per heavy atom. The van der Waals surface area contributed by atoms with E-state index in [0.717, 1.165) is 24.3 Å². The molecular weight excluding hydrogens is 744 g/mol. The quantitative estimate of drug-likeness (QED) is 0.0376. The van der Waals surface area contributed by atoms with Gasteiger partial charge < -0.3 is 79.7 Å². The van der Waals surface area contributed by atoms with Crippen LogP contribution in [0.4, 0.5) is 0 Å². The lowest BCUT2D eigenvalue weighted by Crippen LogP contribution is -2.43. The van der Waals surface area contributed by atoms with Crippen molar-refractivity contribution in [3.8, 4) is 34.5 Å². The van der Waals surface area contributed by atoms with E-state index in [1.54, 1.807) is 6.20 Å². The third-order valence-corrected chi connectivity index (χ3v) is 8.80. The van der Waals surface area contributed by atoms with Crippen LogP contribution in [-0.2, 0) is 46.2 Å². The van der Waals surface area contributed by atoms with Gasteiger partial charge in [-0.25, -0.2) is 9.48 Å². The molecule has 2 heterocycles. The van der Waals surface area contributed by atoms with Crippen molar-refractivity contribution in [3.63, 3.8) is 0 Å². The molecule has 0 amide bonds. The van der Waals surface area contributed by atoms with E-state index in [-0.39, 0.29) is 47.8 Å². The number of hydrogen-bond donors (Lipinski definition) is 9. The van der Waals surface area contributed by atoms with Gasteiger partial charge in [0.1, 0.15) is 35.6 Å². The Kier molecular flexibility index (Phi) is 15.4. The third kappa shape index (κ3) is 11.2. The Morgan fingerprint density at radius 1 is 0.839 bits per heavy atom. The molecule has 1 aliphatic heterocycles. The molecule has 20 nitrogen and oxygen atoms in total. The molecule has 0 saturated carbocycles. The van der Waals surface area contributed by atoms with Crippen molar-refractivity contribution < 1.29 is 78.8 Å². The van der Waals surface area contributed by atoms with Gasteiger partial charge in [0.2, 0.25) is 0 Å². The minimum absolute atomic E-state index is 0.00485. The minimum Gasteiger partial charge on any atom is -0.508 e. The molecule has 3 aromatic rings. The Labute approximate surface area is 320 Å². The Hall–Kier alpha value is -4.77. The van der Waals surface area contributed by atoms with E-state index in [1.807, 2.05) is 0 Å². The van der Waals surface area contributed by atoms with Gasteiger partial charge >= 0.3 is 5.97 Å². The number of rotatable bonds is 21. The van der Waals surface area contributed by atoms with Gasteiger partial charge in [0.05, 0.1) is 83.4 Å². The molecule has 308 valence electrons. The molecule has 5 rings (SSSR count). The van der Waals surface area contributed by atoms with Crippen LogP contribution >= 0.6 is 0 Å². The first-order valence-corrected chi connectivity index (χ1v) is 17.9. The van der Waals surface area contributed by atoms with Crippen LogP contribution in [0.5, 0.6) is 34.5 Å². The number of aliphatic hydroxyl groups is 3. The predicted molar refractivity (Wildman–Crippen MR) is 190 cm³/mol. The molecule has 1 aliphatic carbocycles. The summed E-state index contributed by atoms with van der Waals surface area (Å²) in [6.45, 7) is 3.90. The van der Waals surface area contributed by atoms with Gasteiger partial charge in [-0.15, -0.1) is 5.10 Å². The first-order chi connectivity index (χ1) is 27.0. The summed E-state index contributed by atoms with van der Waals surface area (Å²) in [5.74, 6) is -4.26. The lowest BCUT2D eigenvalue weighted by atomic mass is 9.90. The summed E-state index contributed by atoms with van der Waals surface area (Å²) in [5.41, 5.74) is 5.79. The third-order valence-electron chi connectivity index (χ3n) is 8.80. The van der Waals surface area contributed by atoms with Gasteiger partial charge in [0.15, 0.2) is 29.5 Å². The number of nitrogens with zero attached hydrogens (tertiary/aromatic N) is 3. The smallest absolute Gasteiger partial charge is 0.334 e. The number of aliphatic hydroxyl groups excluding tert-OH is 3. The zero-order valence-electron chi connectivity index (χ0n) is 30.4. The van der Waals surface area contributed by atoms with E-state index in [9.17, 15) is 45.6 Å². The molecule has 6 atom stereocenters. The standard InChI is InChI=1S/C36H48N4O16/c37-2-5-51-8-10-53-12-11-52-9-7-50-4-1-22-19-40(39-38-22)3-6-54-34-30-24(42)17-23(41)18-29(30)55-33(20-13-25(43)31(47)26(44)14-20)35(34)56-36(49)21-15-27(45)32(48)28(46)16-21/h13-15,17-19,27-28,32-35,41-48H,1-12,16,37H2. The zero-order chi connectivity index (χ0) is 40.2. The van der Waals surface area contributed by atoms with Crippen LogP contribution in [0.1, 0.15) is 35.4 Å². The molecule has 0 saturated heterocycles. The van der Waals surface area contributed by atoms with Gasteiger partial charge in [0, 0.05) is 48.9 Å².